The molecule has 0 fully saturated rings. The molecule has 5 rings (SSSR count). The van der Waals surface area contributed by atoms with Crippen molar-refractivity contribution in [1.29, 1.82) is 0 Å². The molecule has 2 heterocycles. The molecule has 0 bridgehead atoms. The van der Waals surface area contributed by atoms with Crippen LogP contribution in [-0.4, -0.2) is 30.1 Å². The molecule has 1 aliphatic rings. The standard InChI is InChI=1S/C23H20N4O2.C8H11N/c1-14-8-18(9-15(2)25-14)16-4-3-5-17(10-16)21-12-23(29)27-22-11-19(24-13-28)6-7-20(22)26-21;1-9-7-8-5-3-2-4-6-8/h3-11,13H,12H2,1-2H3,(H,24,28)(H,27,29);2-6,9H,7H2,1H3. The number of aryl methyl sites for hydroxylation is 2. The monoisotopic (exact) mass is 505 g/mol. The number of nitrogens with zero attached hydrogens (tertiary/aromatic N) is 2. The van der Waals surface area contributed by atoms with Crippen molar-refractivity contribution in [3.05, 3.63) is 107 Å². The van der Waals surface area contributed by atoms with E-state index in [9.17, 15) is 9.59 Å². The van der Waals surface area contributed by atoms with E-state index in [4.69, 9.17) is 4.99 Å². The van der Waals surface area contributed by atoms with Gasteiger partial charge in [-0.2, -0.15) is 0 Å². The second-order valence-corrected chi connectivity index (χ2v) is 9.01. The Labute approximate surface area is 223 Å². The molecule has 7 heteroatoms. The van der Waals surface area contributed by atoms with Crippen LogP contribution in [0.3, 0.4) is 0 Å². The maximum Gasteiger partial charge on any atom is 0.230 e. The Morgan fingerprint density at radius 1 is 0.868 bits per heavy atom. The molecule has 0 saturated carbocycles. The van der Waals surface area contributed by atoms with Gasteiger partial charge in [-0.1, -0.05) is 48.5 Å². The minimum atomic E-state index is -0.147. The highest BCUT2D eigenvalue weighted by Crippen LogP contribution is 2.32. The number of carbonyl (C=O) groups is 2. The van der Waals surface area contributed by atoms with Gasteiger partial charge in [0.2, 0.25) is 12.3 Å². The minimum absolute atomic E-state index is 0.147. The van der Waals surface area contributed by atoms with Crippen LogP contribution in [0.25, 0.3) is 11.1 Å². The van der Waals surface area contributed by atoms with Gasteiger partial charge >= 0.3 is 0 Å². The Balaban J connectivity index is 0.000000317. The summed E-state index contributed by atoms with van der Waals surface area (Å²) in [6.07, 6.45) is 0.770. The van der Waals surface area contributed by atoms with Gasteiger partial charge in [-0.25, -0.2) is 0 Å². The van der Waals surface area contributed by atoms with E-state index < -0.39 is 0 Å². The summed E-state index contributed by atoms with van der Waals surface area (Å²) in [5, 5.41) is 8.53. The van der Waals surface area contributed by atoms with Crippen LogP contribution in [-0.2, 0) is 16.1 Å². The van der Waals surface area contributed by atoms with E-state index in [-0.39, 0.29) is 12.3 Å². The summed E-state index contributed by atoms with van der Waals surface area (Å²) in [6.45, 7) is 4.91. The smallest absolute Gasteiger partial charge is 0.230 e. The van der Waals surface area contributed by atoms with Gasteiger partial charge in [0, 0.05) is 23.6 Å². The number of amides is 2. The Kier molecular flexibility index (Phi) is 8.74. The number of hydrogen-bond donors (Lipinski definition) is 3. The second-order valence-electron chi connectivity index (χ2n) is 9.01. The van der Waals surface area contributed by atoms with Crippen molar-refractivity contribution in [2.75, 3.05) is 17.7 Å². The fourth-order valence-corrected chi connectivity index (χ4v) is 4.27. The molecule has 0 unspecified atom stereocenters. The summed E-state index contributed by atoms with van der Waals surface area (Å²) in [7, 11) is 1.95. The van der Waals surface area contributed by atoms with Gasteiger partial charge < -0.3 is 16.0 Å². The van der Waals surface area contributed by atoms with E-state index in [1.54, 1.807) is 18.2 Å². The quantitative estimate of drug-likeness (QED) is 0.289. The molecule has 3 aromatic carbocycles. The van der Waals surface area contributed by atoms with Crippen LogP contribution in [0.4, 0.5) is 17.1 Å². The third-order valence-electron chi connectivity index (χ3n) is 5.91. The van der Waals surface area contributed by atoms with Crippen LogP contribution in [0.2, 0.25) is 0 Å². The van der Waals surface area contributed by atoms with E-state index >= 15 is 0 Å². The minimum Gasteiger partial charge on any atom is -0.329 e. The lowest BCUT2D eigenvalue weighted by atomic mass is 9.99. The number of aromatic nitrogens is 1. The van der Waals surface area contributed by atoms with Gasteiger partial charge in [0.25, 0.3) is 0 Å². The first kappa shape index (κ1) is 26.4. The average Bonchev–Trinajstić information content (AvgIpc) is 3.07. The number of rotatable bonds is 6. The molecule has 0 spiro atoms. The summed E-state index contributed by atoms with van der Waals surface area (Å²) >= 11 is 0. The molecule has 0 saturated heterocycles. The van der Waals surface area contributed by atoms with Gasteiger partial charge in [-0.3, -0.25) is 19.6 Å². The van der Waals surface area contributed by atoms with Crippen molar-refractivity contribution in [2.45, 2.75) is 26.8 Å². The molecule has 192 valence electrons. The SMILES string of the molecule is CNCc1ccccc1.Cc1cc(-c2cccc(C3=Nc4ccc(NC=O)cc4NC(=O)C3)c2)cc(C)n1. The summed E-state index contributed by atoms with van der Waals surface area (Å²) in [5.74, 6) is -0.147. The highest BCUT2D eigenvalue weighted by Gasteiger charge is 2.18. The number of hydrogen-bond acceptors (Lipinski definition) is 5. The van der Waals surface area contributed by atoms with E-state index in [0.29, 0.717) is 29.2 Å². The van der Waals surface area contributed by atoms with E-state index in [1.807, 2.05) is 75.5 Å². The van der Waals surface area contributed by atoms with Crippen LogP contribution in [0.1, 0.15) is 28.9 Å². The van der Waals surface area contributed by atoms with Crippen LogP contribution in [0.15, 0.2) is 89.9 Å². The van der Waals surface area contributed by atoms with Crippen LogP contribution in [0.5, 0.6) is 0 Å². The van der Waals surface area contributed by atoms with Gasteiger partial charge in [0.1, 0.15) is 0 Å². The highest BCUT2D eigenvalue weighted by atomic mass is 16.1. The first-order valence-electron chi connectivity index (χ1n) is 12.4. The van der Waals surface area contributed by atoms with E-state index in [0.717, 1.165) is 34.6 Å². The third kappa shape index (κ3) is 6.99. The van der Waals surface area contributed by atoms with Crippen molar-refractivity contribution in [3.63, 3.8) is 0 Å². The zero-order valence-electron chi connectivity index (χ0n) is 21.8. The lowest BCUT2D eigenvalue weighted by Crippen LogP contribution is -2.15. The van der Waals surface area contributed by atoms with E-state index in [1.165, 1.54) is 5.56 Å². The van der Waals surface area contributed by atoms with Crippen LogP contribution in [0, 0.1) is 13.8 Å². The molecule has 0 radical (unpaired) electrons. The number of benzene rings is 3. The number of pyridine rings is 1. The number of aliphatic imine (C=N–C) groups is 1. The summed E-state index contributed by atoms with van der Waals surface area (Å²) in [4.78, 5) is 32.3. The zero-order chi connectivity index (χ0) is 26.9. The lowest BCUT2D eigenvalue weighted by Gasteiger charge is -2.09. The number of anilines is 2. The maximum absolute atomic E-state index is 12.5. The van der Waals surface area contributed by atoms with E-state index in [2.05, 4.69) is 33.1 Å². The van der Waals surface area contributed by atoms with Gasteiger partial charge in [0.05, 0.1) is 23.5 Å². The van der Waals surface area contributed by atoms with Gasteiger partial charge in [-0.05, 0) is 79.5 Å². The topological polar surface area (TPSA) is 95.5 Å². The lowest BCUT2D eigenvalue weighted by molar-refractivity contribution is -0.115. The zero-order valence-corrected chi connectivity index (χ0v) is 21.8. The molecular formula is C31H31N5O2. The highest BCUT2D eigenvalue weighted by molar-refractivity contribution is 6.17. The normalized spacial score (nSPS) is 12.2. The molecule has 3 N–H and O–H groups in total. The van der Waals surface area contributed by atoms with Crippen molar-refractivity contribution < 1.29 is 9.59 Å². The molecule has 4 aromatic rings. The third-order valence-corrected chi connectivity index (χ3v) is 5.91. The molecule has 7 nitrogen and oxygen atoms in total. The number of fused-ring (bicyclic) bond motifs is 1. The Morgan fingerprint density at radius 3 is 2.32 bits per heavy atom. The number of nitrogens with one attached hydrogen (secondary N) is 3. The average molecular weight is 506 g/mol. The van der Waals surface area contributed by atoms with Gasteiger partial charge in [0.15, 0.2) is 0 Å². The van der Waals surface area contributed by atoms with Gasteiger partial charge in [-0.15, -0.1) is 0 Å². The molecule has 0 aliphatic carbocycles. The summed E-state index contributed by atoms with van der Waals surface area (Å²) in [5.41, 5.74) is 8.82. The largest absolute Gasteiger partial charge is 0.329 e. The molecule has 38 heavy (non-hydrogen) atoms. The molecular weight excluding hydrogens is 474 g/mol. The summed E-state index contributed by atoms with van der Waals surface area (Å²) in [6, 6.07) is 27.7. The molecule has 1 aromatic heterocycles. The predicted octanol–water partition coefficient (Wildman–Crippen LogP) is 5.80. The van der Waals surface area contributed by atoms with Crippen LogP contribution < -0.4 is 16.0 Å². The predicted molar refractivity (Wildman–Crippen MR) is 154 cm³/mol. The number of carbonyl (C=O) groups excluding carboxylic acids is 2. The van der Waals surface area contributed by atoms with Crippen molar-refractivity contribution in [3.8, 4) is 11.1 Å². The molecule has 0 atom stereocenters. The Hall–Kier alpha value is -4.62. The van der Waals surface area contributed by atoms with Crippen LogP contribution >= 0.6 is 0 Å². The Bertz CT molecular complexity index is 1440. The van der Waals surface area contributed by atoms with Crippen molar-refractivity contribution in [2.24, 2.45) is 4.99 Å². The first-order chi connectivity index (χ1) is 18.4. The maximum atomic E-state index is 12.5. The van der Waals surface area contributed by atoms with Crippen molar-refractivity contribution in [1.82, 2.24) is 10.3 Å². The molecule has 2 amide bonds. The molecule has 1 aliphatic heterocycles. The summed E-state index contributed by atoms with van der Waals surface area (Å²) < 4.78 is 0. The fourth-order valence-electron chi connectivity index (χ4n) is 4.27. The fraction of sp³-hybridized carbons (Fsp3) is 0.161. The second kappa shape index (κ2) is 12.6. The Morgan fingerprint density at radius 2 is 1.61 bits per heavy atom. The first-order valence-corrected chi connectivity index (χ1v) is 12.4. The van der Waals surface area contributed by atoms with Crippen molar-refractivity contribution >= 4 is 35.1 Å².